The van der Waals surface area contributed by atoms with Crippen LogP contribution in [0.3, 0.4) is 0 Å². The van der Waals surface area contributed by atoms with Gasteiger partial charge in [-0.25, -0.2) is 0 Å². The second-order valence-electron chi connectivity index (χ2n) is 6.66. The van der Waals surface area contributed by atoms with Crippen LogP contribution in [0.15, 0.2) is 48.5 Å². The molecule has 0 aliphatic heterocycles. The summed E-state index contributed by atoms with van der Waals surface area (Å²) in [6, 6.07) is 13.8. The van der Waals surface area contributed by atoms with Crippen LogP contribution in [0.1, 0.15) is 65.3 Å². The maximum absolute atomic E-state index is 12.3. The molecule has 0 bridgehead atoms. The largest absolute Gasteiger partial charge is 0.322 e. The second-order valence-corrected chi connectivity index (χ2v) is 6.66. The molecule has 0 aliphatic carbocycles. The molecular formula is C22H27N3O3. The third-order valence-electron chi connectivity index (χ3n) is 4.37. The highest BCUT2D eigenvalue weighted by molar-refractivity contribution is 6.05. The number of unbranched alkanes of at least 4 members (excludes halogenated alkanes) is 3. The van der Waals surface area contributed by atoms with Gasteiger partial charge in [-0.05, 0) is 49.2 Å². The van der Waals surface area contributed by atoms with Crippen molar-refractivity contribution in [3.8, 4) is 0 Å². The Morgan fingerprint density at radius 1 is 0.821 bits per heavy atom. The second kappa shape index (κ2) is 10.9. The van der Waals surface area contributed by atoms with Gasteiger partial charge in [-0.1, -0.05) is 44.4 Å². The molecule has 148 valence electrons. The summed E-state index contributed by atoms with van der Waals surface area (Å²) in [5.41, 5.74) is 7.30. The Morgan fingerprint density at radius 2 is 1.54 bits per heavy atom. The molecule has 0 saturated carbocycles. The summed E-state index contributed by atoms with van der Waals surface area (Å²) < 4.78 is 0. The highest BCUT2D eigenvalue weighted by Crippen LogP contribution is 2.13. The normalized spacial score (nSPS) is 10.2. The lowest BCUT2D eigenvalue weighted by Gasteiger charge is -2.09. The van der Waals surface area contributed by atoms with Crippen molar-refractivity contribution in [1.29, 1.82) is 0 Å². The third kappa shape index (κ3) is 6.54. The van der Waals surface area contributed by atoms with E-state index in [-0.39, 0.29) is 11.8 Å². The van der Waals surface area contributed by atoms with Crippen molar-refractivity contribution in [2.24, 2.45) is 0 Å². The van der Waals surface area contributed by atoms with Gasteiger partial charge in [0.2, 0.25) is 5.91 Å². The molecule has 2 rings (SSSR count). The number of hydrogen-bond donors (Lipinski definition) is 3. The molecule has 6 nitrogen and oxygen atoms in total. The summed E-state index contributed by atoms with van der Waals surface area (Å²) in [6.07, 6.45) is 4.43. The van der Waals surface area contributed by atoms with Gasteiger partial charge < -0.3 is 5.32 Å². The van der Waals surface area contributed by atoms with E-state index in [0.717, 1.165) is 31.2 Å². The van der Waals surface area contributed by atoms with Crippen LogP contribution in [0, 0.1) is 6.92 Å². The summed E-state index contributed by atoms with van der Waals surface area (Å²) in [6.45, 7) is 3.99. The van der Waals surface area contributed by atoms with Gasteiger partial charge in [0.25, 0.3) is 11.8 Å². The molecule has 0 atom stereocenters. The summed E-state index contributed by atoms with van der Waals surface area (Å²) in [5, 5.41) is 2.81. The van der Waals surface area contributed by atoms with E-state index in [0.29, 0.717) is 23.2 Å². The third-order valence-corrected chi connectivity index (χ3v) is 4.37. The molecule has 3 amide bonds. The van der Waals surface area contributed by atoms with Crippen LogP contribution in [-0.2, 0) is 4.79 Å². The summed E-state index contributed by atoms with van der Waals surface area (Å²) >= 11 is 0. The van der Waals surface area contributed by atoms with Crippen molar-refractivity contribution in [3.63, 3.8) is 0 Å². The van der Waals surface area contributed by atoms with E-state index in [1.807, 2.05) is 25.1 Å². The monoisotopic (exact) mass is 381 g/mol. The Bertz CT molecular complexity index is 816. The van der Waals surface area contributed by atoms with Crippen LogP contribution in [-0.4, -0.2) is 17.7 Å². The van der Waals surface area contributed by atoms with Gasteiger partial charge >= 0.3 is 0 Å². The fourth-order valence-electron chi connectivity index (χ4n) is 2.70. The molecule has 0 heterocycles. The first kappa shape index (κ1) is 21.2. The molecule has 6 heteroatoms. The van der Waals surface area contributed by atoms with Crippen molar-refractivity contribution in [2.45, 2.75) is 46.0 Å². The van der Waals surface area contributed by atoms with Crippen molar-refractivity contribution >= 4 is 23.4 Å². The number of nitrogens with one attached hydrogen (secondary N) is 3. The number of rotatable bonds is 8. The van der Waals surface area contributed by atoms with Crippen molar-refractivity contribution in [2.75, 3.05) is 5.32 Å². The average molecular weight is 381 g/mol. The van der Waals surface area contributed by atoms with Crippen LogP contribution in [0.5, 0.6) is 0 Å². The first-order valence-corrected chi connectivity index (χ1v) is 9.57. The topological polar surface area (TPSA) is 87.3 Å². The number of carbonyl (C=O) groups excluding carboxylic acids is 3. The van der Waals surface area contributed by atoms with E-state index >= 15 is 0 Å². The zero-order valence-corrected chi connectivity index (χ0v) is 16.4. The Labute approximate surface area is 165 Å². The van der Waals surface area contributed by atoms with Gasteiger partial charge in [0.05, 0.1) is 0 Å². The predicted octanol–water partition coefficient (Wildman–Crippen LogP) is 3.98. The predicted molar refractivity (Wildman–Crippen MR) is 110 cm³/mol. The summed E-state index contributed by atoms with van der Waals surface area (Å²) in [5.74, 6) is -0.809. The number of benzene rings is 2. The Balaban J connectivity index is 1.83. The molecule has 0 fully saturated rings. The zero-order valence-electron chi connectivity index (χ0n) is 16.4. The zero-order chi connectivity index (χ0) is 20.4. The number of hydrogen-bond acceptors (Lipinski definition) is 3. The molecule has 0 aromatic heterocycles. The molecule has 0 spiro atoms. The minimum Gasteiger partial charge on any atom is -0.322 e. The smallest absolute Gasteiger partial charge is 0.269 e. The SMILES string of the molecule is CCCCCCC(=O)NNC(=O)c1ccc(NC(=O)c2ccccc2C)cc1. The lowest BCUT2D eigenvalue weighted by Crippen LogP contribution is -2.41. The minimum absolute atomic E-state index is 0.202. The Hall–Kier alpha value is -3.15. The number of anilines is 1. The highest BCUT2D eigenvalue weighted by Gasteiger charge is 2.10. The van der Waals surface area contributed by atoms with Gasteiger partial charge in [-0.15, -0.1) is 0 Å². The number of amides is 3. The summed E-state index contributed by atoms with van der Waals surface area (Å²) in [4.78, 5) is 36.1. The van der Waals surface area contributed by atoms with Gasteiger partial charge in [-0.3, -0.25) is 25.2 Å². The van der Waals surface area contributed by atoms with E-state index in [2.05, 4.69) is 23.1 Å². The fraction of sp³-hybridized carbons (Fsp3) is 0.318. The highest BCUT2D eigenvalue weighted by atomic mass is 16.2. The molecular weight excluding hydrogens is 354 g/mol. The average Bonchev–Trinajstić information content (AvgIpc) is 2.70. The van der Waals surface area contributed by atoms with Crippen molar-refractivity contribution in [3.05, 3.63) is 65.2 Å². The number of aryl methyl sites for hydroxylation is 1. The lowest BCUT2D eigenvalue weighted by molar-refractivity contribution is -0.122. The molecule has 0 unspecified atom stereocenters. The molecule has 28 heavy (non-hydrogen) atoms. The Kier molecular flexibility index (Phi) is 8.21. The fourth-order valence-corrected chi connectivity index (χ4v) is 2.70. The van der Waals surface area contributed by atoms with Crippen LogP contribution >= 0.6 is 0 Å². The molecule has 0 aliphatic rings. The minimum atomic E-state index is -0.404. The molecule has 2 aromatic carbocycles. The van der Waals surface area contributed by atoms with Crippen molar-refractivity contribution in [1.82, 2.24) is 10.9 Å². The van der Waals surface area contributed by atoms with Crippen LogP contribution in [0.2, 0.25) is 0 Å². The first-order valence-electron chi connectivity index (χ1n) is 9.57. The van der Waals surface area contributed by atoms with E-state index < -0.39 is 5.91 Å². The molecule has 0 radical (unpaired) electrons. The number of hydrazine groups is 1. The molecule has 3 N–H and O–H groups in total. The van der Waals surface area contributed by atoms with Gasteiger partial charge in [0.1, 0.15) is 0 Å². The van der Waals surface area contributed by atoms with Crippen molar-refractivity contribution < 1.29 is 14.4 Å². The van der Waals surface area contributed by atoms with E-state index in [9.17, 15) is 14.4 Å². The lowest BCUT2D eigenvalue weighted by atomic mass is 10.1. The van der Waals surface area contributed by atoms with E-state index in [1.54, 1.807) is 30.3 Å². The number of carbonyl (C=O) groups is 3. The van der Waals surface area contributed by atoms with Gasteiger partial charge in [0, 0.05) is 23.2 Å². The molecule has 2 aromatic rings. The van der Waals surface area contributed by atoms with Crippen LogP contribution in [0.4, 0.5) is 5.69 Å². The van der Waals surface area contributed by atoms with Gasteiger partial charge in [-0.2, -0.15) is 0 Å². The maximum atomic E-state index is 12.3. The first-order chi connectivity index (χ1) is 13.5. The quantitative estimate of drug-likeness (QED) is 0.477. The summed E-state index contributed by atoms with van der Waals surface area (Å²) in [7, 11) is 0. The van der Waals surface area contributed by atoms with Crippen LogP contribution in [0.25, 0.3) is 0 Å². The Morgan fingerprint density at radius 3 is 2.21 bits per heavy atom. The van der Waals surface area contributed by atoms with E-state index in [1.165, 1.54) is 0 Å². The van der Waals surface area contributed by atoms with Gasteiger partial charge in [0.15, 0.2) is 0 Å². The van der Waals surface area contributed by atoms with E-state index in [4.69, 9.17) is 0 Å². The standard InChI is InChI=1S/C22H27N3O3/c1-3-4-5-6-11-20(26)24-25-21(27)17-12-14-18(15-13-17)23-22(28)19-10-8-7-9-16(19)2/h7-10,12-15H,3-6,11H2,1-2H3,(H,23,28)(H,24,26)(H,25,27). The van der Waals surface area contributed by atoms with Crippen LogP contribution < -0.4 is 16.2 Å². The molecule has 0 saturated heterocycles. The maximum Gasteiger partial charge on any atom is 0.269 e.